The molecule has 4 nitrogen and oxygen atoms in total. The summed E-state index contributed by atoms with van der Waals surface area (Å²) in [5.74, 6) is 1.28. The molecule has 1 aliphatic rings. The predicted molar refractivity (Wildman–Crippen MR) is 93.4 cm³/mol. The minimum atomic E-state index is -0.215. The third-order valence-electron chi connectivity index (χ3n) is 4.96. The molecule has 1 saturated carbocycles. The molecule has 0 bridgehead atoms. The molecule has 0 unspecified atom stereocenters. The third-order valence-corrected chi connectivity index (χ3v) is 5.90. The van der Waals surface area contributed by atoms with Crippen LogP contribution in [0.5, 0.6) is 0 Å². The van der Waals surface area contributed by atoms with E-state index < -0.39 is 0 Å². The summed E-state index contributed by atoms with van der Waals surface area (Å²) >= 11 is 1.38. The SMILES string of the molecule is C[C@H]1[C@H](C)CCC[C@H]1NC(=O)[C@H](C)Sc1nc2ccccc2o1. The molecule has 3 rings (SSSR count). The van der Waals surface area contributed by atoms with Crippen molar-refractivity contribution in [3.63, 3.8) is 0 Å². The van der Waals surface area contributed by atoms with Gasteiger partial charge in [0.05, 0.1) is 5.25 Å². The first-order valence-electron chi connectivity index (χ1n) is 8.37. The van der Waals surface area contributed by atoms with Crippen LogP contribution in [0, 0.1) is 11.8 Å². The highest BCUT2D eigenvalue weighted by Gasteiger charge is 2.29. The van der Waals surface area contributed by atoms with Crippen molar-refractivity contribution in [2.45, 2.75) is 56.5 Å². The summed E-state index contributed by atoms with van der Waals surface area (Å²) in [5, 5.41) is 3.56. The van der Waals surface area contributed by atoms with Crippen LogP contribution < -0.4 is 5.32 Å². The molecular weight excluding hydrogens is 308 g/mol. The number of amides is 1. The van der Waals surface area contributed by atoms with Gasteiger partial charge < -0.3 is 9.73 Å². The second kappa shape index (κ2) is 6.95. The highest BCUT2D eigenvalue weighted by Crippen LogP contribution is 2.31. The number of oxazole rings is 1. The van der Waals surface area contributed by atoms with Crippen LogP contribution in [0.2, 0.25) is 0 Å². The number of rotatable bonds is 4. The average Bonchev–Trinajstić information content (AvgIpc) is 2.93. The maximum atomic E-state index is 12.5. The highest BCUT2D eigenvalue weighted by molar-refractivity contribution is 8.00. The van der Waals surface area contributed by atoms with Gasteiger partial charge in [0.25, 0.3) is 5.22 Å². The molecule has 0 radical (unpaired) electrons. The van der Waals surface area contributed by atoms with Crippen LogP contribution in [0.25, 0.3) is 11.1 Å². The molecule has 1 fully saturated rings. The van der Waals surface area contributed by atoms with Crippen molar-refractivity contribution in [1.82, 2.24) is 10.3 Å². The number of benzene rings is 1. The Kier molecular flexibility index (Phi) is 4.95. The van der Waals surface area contributed by atoms with Gasteiger partial charge in [0.1, 0.15) is 5.52 Å². The number of nitrogens with one attached hydrogen (secondary N) is 1. The Balaban J connectivity index is 1.61. The Morgan fingerprint density at radius 3 is 2.91 bits per heavy atom. The predicted octanol–water partition coefficient (Wildman–Crippen LogP) is 4.25. The van der Waals surface area contributed by atoms with E-state index in [1.165, 1.54) is 24.6 Å². The lowest BCUT2D eigenvalue weighted by Gasteiger charge is -2.35. The van der Waals surface area contributed by atoms with Gasteiger partial charge >= 0.3 is 0 Å². The molecule has 124 valence electrons. The minimum Gasteiger partial charge on any atom is -0.431 e. The van der Waals surface area contributed by atoms with Crippen LogP contribution in [0.1, 0.15) is 40.0 Å². The summed E-state index contributed by atoms with van der Waals surface area (Å²) in [6, 6.07) is 7.95. The number of thioether (sulfide) groups is 1. The topological polar surface area (TPSA) is 55.1 Å². The van der Waals surface area contributed by atoms with Crippen LogP contribution in [0.3, 0.4) is 0 Å². The monoisotopic (exact) mass is 332 g/mol. The first-order valence-corrected chi connectivity index (χ1v) is 9.25. The van der Waals surface area contributed by atoms with Crippen molar-refractivity contribution in [1.29, 1.82) is 0 Å². The largest absolute Gasteiger partial charge is 0.431 e. The highest BCUT2D eigenvalue weighted by atomic mass is 32.2. The fraction of sp³-hybridized carbons (Fsp3) is 0.556. The van der Waals surface area contributed by atoms with Gasteiger partial charge in [0, 0.05) is 6.04 Å². The summed E-state index contributed by atoms with van der Waals surface area (Å²) in [7, 11) is 0. The summed E-state index contributed by atoms with van der Waals surface area (Å²) in [6.07, 6.45) is 3.54. The molecule has 1 aromatic heterocycles. The Morgan fingerprint density at radius 1 is 1.35 bits per heavy atom. The van der Waals surface area contributed by atoms with E-state index in [1.807, 2.05) is 31.2 Å². The van der Waals surface area contributed by atoms with Crippen molar-refractivity contribution in [3.05, 3.63) is 24.3 Å². The maximum absolute atomic E-state index is 12.5. The normalized spacial score (nSPS) is 26.1. The van der Waals surface area contributed by atoms with Gasteiger partial charge in [-0.1, -0.05) is 50.6 Å². The Morgan fingerprint density at radius 2 is 2.13 bits per heavy atom. The van der Waals surface area contributed by atoms with Crippen LogP contribution in [-0.4, -0.2) is 22.2 Å². The second-order valence-electron chi connectivity index (χ2n) is 6.59. The molecule has 0 saturated heterocycles. The summed E-state index contributed by atoms with van der Waals surface area (Å²) < 4.78 is 5.69. The number of para-hydroxylation sites is 2. The standard InChI is InChI=1S/C18H24N2O2S/c1-11-7-6-9-14(12(11)2)19-17(21)13(3)23-18-20-15-8-4-5-10-16(15)22-18/h4-5,8,10-14H,6-7,9H2,1-3H3,(H,19,21)/t11-,12+,13+,14-/m1/s1. The summed E-state index contributed by atoms with van der Waals surface area (Å²) in [6.45, 7) is 6.43. The number of nitrogens with zero attached hydrogens (tertiary/aromatic N) is 1. The number of carbonyl (C=O) groups excluding carboxylic acids is 1. The lowest BCUT2D eigenvalue weighted by molar-refractivity contribution is -0.121. The lowest BCUT2D eigenvalue weighted by Crippen LogP contribution is -2.46. The Labute approximate surface area is 141 Å². The van der Waals surface area contributed by atoms with Crippen molar-refractivity contribution in [2.75, 3.05) is 0 Å². The van der Waals surface area contributed by atoms with E-state index in [1.54, 1.807) is 0 Å². The molecule has 4 atom stereocenters. The molecule has 1 aromatic carbocycles. The Hall–Kier alpha value is -1.49. The van der Waals surface area contributed by atoms with E-state index in [-0.39, 0.29) is 17.2 Å². The van der Waals surface area contributed by atoms with Crippen molar-refractivity contribution in [3.8, 4) is 0 Å². The molecule has 0 spiro atoms. The molecule has 2 aromatic rings. The molecule has 5 heteroatoms. The molecule has 23 heavy (non-hydrogen) atoms. The van der Waals surface area contributed by atoms with Gasteiger partial charge in [-0.15, -0.1) is 0 Å². The van der Waals surface area contributed by atoms with Gasteiger partial charge in [0.15, 0.2) is 5.58 Å². The zero-order chi connectivity index (χ0) is 16.4. The fourth-order valence-corrected chi connectivity index (χ4v) is 3.96. The van der Waals surface area contributed by atoms with Crippen LogP contribution in [-0.2, 0) is 4.79 Å². The average molecular weight is 332 g/mol. The van der Waals surface area contributed by atoms with Crippen LogP contribution >= 0.6 is 11.8 Å². The Bertz CT molecular complexity index is 651. The number of carbonyl (C=O) groups is 1. The zero-order valence-corrected chi connectivity index (χ0v) is 14.7. The van der Waals surface area contributed by atoms with E-state index in [0.29, 0.717) is 17.1 Å². The van der Waals surface area contributed by atoms with Crippen molar-refractivity contribution >= 4 is 28.8 Å². The first-order chi connectivity index (χ1) is 11.0. The molecular formula is C18H24N2O2S. The van der Waals surface area contributed by atoms with E-state index in [2.05, 4.69) is 24.1 Å². The molecule has 0 aliphatic heterocycles. The number of aromatic nitrogens is 1. The lowest BCUT2D eigenvalue weighted by atomic mass is 9.78. The van der Waals surface area contributed by atoms with Crippen LogP contribution in [0.4, 0.5) is 0 Å². The van der Waals surface area contributed by atoms with Gasteiger partial charge in [-0.25, -0.2) is 4.98 Å². The van der Waals surface area contributed by atoms with Crippen LogP contribution in [0.15, 0.2) is 33.9 Å². The number of hydrogen-bond donors (Lipinski definition) is 1. The molecule has 1 aliphatic carbocycles. The fourth-order valence-electron chi connectivity index (χ4n) is 3.19. The van der Waals surface area contributed by atoms with E-state index in [0.717, 1.165) is 17.5 Å². The van der Waals surface area contributed by atoms with E-state index >= 15 is 0 Å². The van der Waals surface area contributed by atoms with Gasteiger partial charge in [-0.05, 0) is 37.3 Å². The number of fused-ring (bicyclic) bond motifs is 1. The minimum absolute atomic E-state index is 0.0724. The first kappa shape index (κ1) is 16.4. The smallest absolute Gasteiger partial charge is 0.257 e. The number of hydrogen-bond acceptors (Lipinski definition) is 4. The van der Waals surface area contributed by atoms with Crippen molar-refractivity contribution < 1.29 is 9.21 Å². The van der Waals surface area contributed by atoms with Gasteiger partial charge in [0.2, 0.25) is 5.91 Å². The zero-order valence-electron chi connectivity index (χ0n) is 13.9. The molecule has 1 N–H and O–H groups in total. The summed E-state index contributed by atoms with van der Waals surface area (Å²) in [5.41, 5.74) is 1.59. The third kappa shape index (κ3) is 3.71. The van der Waals surface area contributed by atoms with Gasteiger partial charge in [-0.3, -0.25) is 4.79 Å². The second-order valence-corrected chi connectivity index (χ2v) is 7.88. The molecule has 1 heterocycles. The molecule has 1 amide bonds. The quantitative estimate of drug-likeness (QED) is 0.851. The summed E-state index contributed by atoms with van der Waals surface area (Å²) in [4.78, 5) is 16.9. The van der Waals surface area contributed by atoms with Crippen molar-refractivity contribution in [2.24, 2.45) is 11.8 Å². The van der Waals surface area contributed by atoms with E-state index in [9.17, 15) is 4.79 Å². The maximum Gasteiger partial charge on any atom is 0.257 e. The van der Waals surface area contributed by atoms with Gasteiger partial charge in [-0.2, -0.15) is 0 Å². The van der Waals surface area contributed by atoms with E-state index in [4.69, 9.17) is 4.42 Å².